The number of benzene rings is 2. The Balaban J connectivity index is 2.09. The lowest BCUT2D eigenvalue weighted by Gasteiger charge is -2.10. The molecule has 0 atom stereocenters. The Morgan fingerprint density at radius 3 is 2.35 bits per heavy atom. The van der Waals surface area contributed by atoms with Crippen LogP contribution < -0.4 is 16.2 Å². The third kappa shape index (κ3) is 3.34. The van der Waals surface area contributed by atoms with Gasteiger partial charge in [0.2, 0.25) is 0 Å². The molecule has 0 bridgehead atoms. The predicted octanol–water partition coefficient (Wildman–Crippen LogP) is 3.45. The second kappa shape index (κ2) is 5.32. The summed E-state index contributed by atoms with van der Waals surface area (Å²) in [6.45, 7) is 0.0211. The van der Waals surface area contributed by atoms with E-state index in [1.54, 1.807) is 18.2 Å². The van der Waals surface area contributed by atoms with Crippen LogP contribution in [0.5, 0.6) is 5.75 Å². The number of halogens is 3. The van der Waals surface area contributed by atoms with E-state index in [1.807, 2.05) is 0 Å². The van der Waals surface area contributed by atoms with Crippen molar-refractivity contribution in [1.29, 1.82) is 0 Å². The quantitative estimate of drug-likeness (QED) is 0.848. The molecule has 3 nitrogen and oxygen atoms in total. The minimum Gasteiger partial charge on any atom is -0.489 e. The molecule has 2 aromatic rings. The minimum atomic E-state index is -4.36. The molecule has 0 aliphatic carbocycles. The van der Waals surface area contributed by atoms with Gasteiger partial charge in [0.1, 0.15) is 12.4 Å². The Labute approximate surface area is 114 Å². The maximum Gasteiger partial charge on any atom is 0.416 e. The Morgan fingerprint density at radius 2 is 1.70 bits per heavy atom. The van der Waals surface area contributed by atoms with Gasteiger partial charge in [0.15, 0.2) is 0 Å². The first-order valence-electron chi connectivity index (χ1n) is 5.80. The van der Waals surface area contributed by atoms with E-state index in [0.29, 0.717) is 22.7 Å². The highest BCUT2D eigenvalue weighted by molar-refractivity contribution is 5.65. The predicted molar refractivity (Wildman–Crippen MR) is 71.0 cm³/mol. The van der Waals surface area contributed by atoms with E-state index < -0.39 is 11.7 Å². The van der Waals surface area contributed by atoms with Gasteiger partial charge in [-0.15, -0.1) is 0 Å². The minimum absolute atomic E-state index is 0.0211. The lowest BCUT2D eigenvalue weighted by molar-refractivity contribution is -0.137. The molecule has 2 aromatic carbocycles. The summed E-state index contributed by atoms with van der Waals surface area (Å²) in [6.07, 6.45) is -4.36. The molecule has 0 spiro atoms. The van der Waals surface area contributed by atoms with Crippen LogP contribution in [0.15, 0.2) is 42.5 Å². The number of alkyl halides is 3. The lowest BCUT2D eigenvalue weighted by Crippen LogP contribution is -2.06. The summed E-state index contributed by atoms with van der Waals surface area (Å²) in [4.78, 5) is 0. The second-order valence-corrected chi connectivity index (χ2v) is 4.28. The molecule has 106 valence electrons. The Morgan fingerprint density at radius 1 is 0.950 bits per heavy atom. The Kier molecular flexibility index (Phi) is 3.74. The van der Waals surface area contributed by atoms with E-state index in [2.05, 4.69) is 0 Å². The molecule has 0 heterocycles. The molecule has 4 N–H and O–H groups in total. The molecular formula is C14H13F3N2O. The summed E-state index contributed by atoms with van der Waals surface area (Å²) in [7, 11) is 0. The monoisotopic (exact) mass is 282 g/mol. The molecule has 2 rings (SSSR count). The fourth-order valence-corrected chi connectivity index (χ4v) is 1.65. The van der Waals surface area contributed by atoms with E-state index in [0.717, 1.165) is 12.1 Å². The highest BCUT2D eigenvalue weighted by Gasteiger charge is 2.30. The first kappa shape index (κ1) is 14.0. The van der Waals surface area contributed by atoms with Crippen molar-refractivity contribution >= 4 is 11.4 Å². The maximum absolute atomic E-state index is 12.6. The van der Waals surface area contributed by atoms with Gasteiger partial charge in [0.05, 0.1) is 16.9 Å². The third-order valence-corrected chi connectivity index (χ3v) is 2.72. The number of hydrogen-bond acceptors (Lipinski definition) is 3. The van der Waals surface area contributed by atoms with Gasteiger partial charge in [-0.1, -0.05) is 12.1 Å². The van der Waals surface area contributed by atoms with E-state index in [9.17, 15) is 13.2 Å². The van der Waals surface area contributed by atoms with Crippen molar-refractivity contribution in [3.05, 3.63) is 53.6 Å². The van der Waals surface area contributed by atoms with Gasteiger partial charge >= 0.3 is 6.18 Å². The van der Waals surface area contributed by atoms with E-state index in [4.69, 9.17) is 16.2 Å². The number of nitrogen functional groups attached to an aromatic ring is 2. The van der Waals surface area contributed by atoms with Crippen molar-refractivity contribution < 1.29 is 17.9 Å². The van der Waals surface area contributed by atoms with Crippen LogP contribution in [0.2, 0.25) is 0 Å². The smallest absolute Gasteiger partial charge is 0.416 e. The van der Waals surface area contributed by atoms with Gasteiger partial charge in [0, 0.05) is 6.07 Å². The topological polar surface area (TPSA) is 61.3 Å². The van der Waals surface area contributed by atoms with Crippen molar-refractivity contribution in [3.8, 4) is 5.75 Å². The van der Waals surface area contributed by atoms with Crippen LogP contribution in [0.4, 0.5) is 24.5 Å². The van der Waals surface area contributed by atoms with Gasteiger partial charge in [-0.05, 0) is 29.8 Å². The summed E-state index contributed by atoms with van der Waals surface area (Å²) in [5.74, 6) is 0.453. The highest BCUT2D eigenvalue weighted by Crippen LogP contribution is 2.30. The Bertz CT molecular complexity index is 612. The van der Waals surface area contributed by atoms with Crippen LogP contribution in [-0.2, 0) is 12.8 Å². The fourth-order valence-electron chi connectivity index (χ4n) is 1.65. The molecule has 20 heavy (non-hydrogen) atoms. The molecule has 0 unspecified atom stereocenters. The number of hydrogen-bond donors (Lipinski definition) is 2. The third-order valence-electron chi connectivity index (χ3n) is 2.72. The maximum atomic E-state index is 12.6. The molecule has 0 fully saturated rings. The lowest BCUT2D eigenvalue weighted by atomic mass is 10.1. The molecule has 0 saturated heterocycles. The molecular weight excluding hydrogens is 269 g/mol. The second-order valence-electron chi connectivity index (χ2n) is 4.28. The molecule has 6 heteroatoms. The van der Waals surface area contributed by atoms with Crippen molar-refractivity contribution in [2.75, 3.05) is 11.5 Å². The van der Waals surface area contributed by atoms with Crippen LogP contribution >= 0.6 is 0 Å². The zero-order chi connectivity index (χ0) is 14.8. The van der Waals surface area contributed by atoms with E-state index in [-0.39, 0.29) is 6.61 Å². The van der Waals surface area contributed by atoms with Gasteiger partial charge in [-0.25, -0.2) is 0 Å². The molecule has 0 saturated carbocycles. The van der Waals surface area contributed by atoms with Gasteiger partial charge < -0.3 is 16.2 Å². The molecule has 0 aliphatic heterocycles. The van der Waals surface area contributed by atoms with Gasteiger partial charge in [0.25, 0.3) is 0 Å². The molecule has 0 radical (unpaired) electrons. The first-order valence-corrected chi connectivity index (χ1v) is 5.80. The average molecular weight is 282 g/mol. The summed E-state index contributed by atoms with van der Waals surface area (Å²) in [5.41, 5.74) is 11.7. The molecule has 0 aliphatic rings. The van der Waals surface area contributed by atoms with Crippen LogP contribution in [-0.4, -0.2) is 0 Å². The SMILES string of the molecule is Nc1ccc(OCc2cccc(C(F)(F)F)c2)cc1N. The average Bonchev–Trinajstić information content (AvgIpc) is 2.39. The van der Waals surface area contributed by atoms with Crippen molar-refractivity contribution in [3.63, 3.8) is 0 Å². The summed E-state index contributed by atoms with van der Waals surface area (Å²) in [6, 6.07) is 9.71. The van der Waals surface area contributed by atoms with Gasteiger partial charge in [-0.3, -0.25) is 0 Å². The van der Waals surface area contributed by atoms with Crippen molar-refractivity contribution in [1.82, 2.24) is 0 Å². The first-order chi connectivity index (χ1) is 9.36. The number of ether oxygens (including phenoxy) is 1. The fraction of sp³-hybridized carbons (Fsp3) is 0.143. The van der Waals surface area contributed by atoms with Crippen molar-refractivity contribution in [2.45, 2.75) is 12.8 Å². The van der Waals surface area contributed by atoms with E-state index >= 15 is 0 Å². The molecule has 0 amide bonds. The summed E-state index contributed by atoms with van der Waals surface area (Å²) in [5, 5.41) is 0. The van der Waals surface area contributed by atoms with Crippen molar-refractivity contribution in [2.24, 2.45) is 0 Å². The number of anilines is 2. The normalized spacial score (nSPS) is 11.3. The largest absolute Gasteiger partial charge is 0.489 e. The van der Waals surface area contributed by atoms with Crippen LogP contribution in [0.25, 0.3) is 0 Å². The zero-order valence-corrected chi connectivity index (χ0v) is 10.4. The highest BCUT2D eigenvalue weighted by atomic mass is 19.4. The summed E-state index contributed by atoms with van der Waals surface area (Å²) < 4.78 is 43.1. The zero-order valence-electron chi connectivity index (χ0n) is 10.4. The number of rotatable bonds is 3. The number of nitrogens with two attached hydrogens (primary N) is 2. The standard InChI is InChI=1S/C14H13F3N2O/c15-14(16,17)10-3-1-2-9(6-10)8-20-11-4-5-12(18)13(19)7-11/h1-7H,8,18-19H2. The van der Waals surface area contributed by atoms with Crippen LogP contribution in [0, 0.1) is 0 Å². The summed E-state index contributed by atoms with van der Waals surface area (Å²) >= 11 is 0. The van der Waals surface area contributed by atoms with Gasteiger partial charge in [-0.2, -0.15) is 13.2 Å². The van der Waals surface area contributed by atoms with E-state index in [1.165, 1.54) is 12.1 Å². The van der Waals surface area contributed by atoms with Crippen LogP contribution in [0.1, 0.15) is 11.1 Å². The molecule has 0 aromatic heterocycles. The van der Waals surface area contributed by atoms with Crippen LogP contribution in [0.3, 0.4) is 0 Å². The Hall–Kier alpha value is -2.37.